The molecule has 0 aliphatic carbocycles. The number of nitrogens with one attached hydrogen (secondary N) is 1. The van der Waals surface area contributed by atoms with Crippen LogP contribution in [-0.2, 0) is 7.05 Å². The summed E-state index contributed by atoms with van der Waals surface area (Å²) in [5, 5.41) is 12.8. The summed E-state index contributed by atoms with van der Waals surface area (Å²) in [7, 11) is 1.92. The topological polar surface area (TPSA) is 75.9 Å². The van der Waals surface area contributed by atoms with Gasteiger partial charge >= 0.3 is 0 Å². The lowest BCUT2D eigenvalue weighted by Crippen LogP contribution is -2.00. The summed E-state index contributed by atoms with van der Waals surface area (Å²) in [4.78, 5) is 12.8. The lowest BCUT2D eigenvalue weighted by Gasteiger charge is -2.09. The van der Waals surface area contributed by atoms with Crippen molar-refractivity contribution < 1.29 is 5.11 Å². The molecule has 2 N–H and O–H groups in total. The summed E-state index contributed by atoms with van der Waals surface area (Å²) < 4.78 is 1.90. The van der Waals surface area contributed by atoms with Crippen molar-refractivity contribution in [3.05, 3.63) is 54.6 Å². The van der Waals surface area contributed by atoms with Gasteiger partial charge in [0.25, 0.3) is 0 Å². The molecule has 3 aromatic rings. The number of nitrogens with zero attached hydrogens (tertiary/aromatic N) is 4. The van der Waals surface area contributed by atoms with Crippen molar-refractivity contribution in [2.45, 2.75) is 13.0 Å². The van der Waals surface area contributed by atoms with Gasteiger partial charge in [-0.05, 0) is 30.7 Å². The Kier molecular flexibility index (Phi) is 3.84. The fraction of sp³-hybridized carbons (Fsp3) is 0.188. The van der Waals surface area contributed by atoms with Crippen LogP contribution in [0.5, 0.6) is 0 Å². The van der Waals surface area contributed by atoms with Gasteiger partial charge in [0.2, 0.25) is 5.95 Å². The second kappa shape index (κ2) is 5.95. The second-order valence-electron chi connectivity index (χ2n) is 5.08. The highest BCUT2D eigenvalue weighted by molar-refractivity contribution is 5.59. The van der Waals surface area contributed by atoms with Gasteiger partial charge in [-0.15, -0.1) is 0 Å². The molecule has 6 heteroatoms. The Bertz CT molecular complexity index is 781. The Labute approximate surface area is 128 Å². The van der Waals surface area contributed by atoms with Crippen LogP contribution < -0.4 is 5.32 Å². The number of aryl methyl sites for hydroxylation is 1. The van der Waals surface area contributed by atoms with E-state index in [9.17, 15) is 5.11 Å². The van der Waals surface area contributed by atoms with E-state index < -0.39 is 6.10 Å². The third-order valence-electron chi connectivity index (χ3n) is 3.36. The third-order valence-corrected chi connectivity index (χ3v) is 3.36. The average molecular weight is 295 g/mol. The van der Waals surface area contributed by atoms with E-state index in [1.807, 2.05) is 41.9 Å². The molecule has 0 radical (unpaired) electrons. The number of aliphatic hydroxyl groups is 1. The Morgan fingerprint density at radius 1 is 1.27 bits per heavy atom. The first-order valence-electron chi connectivity index (χ1n) is 6.98. The third kappa shape index (κ3) is 2.96. The van der Waals surface area contributed by atoms with Crippen molar-refractivity contribution in [1.29, 1.82) is 0 Å². The minimum Gasteiger partial charge on any atom is -0.389 e. The molecule has 112 valence electrons. The number of benzene rings is 1. The zero-order valence-corrected chi connectivity index (χ0v) is 12.4. The number of hydrogen-bond donors (Lipinski definition) is 2. The molecule has 0 aliphatic heterocycles. The average Bonchev–Trinajstić information content (AvgIpc) is 2.94. The number of rotatable bonds is 4. The first-order chi connectivity index (χ1) is 10.6. The van der Waals surface area contributed by atoms with E-state index in [0.29, 0.717) is 5.95 Å². The van der Waals surface area contributed by atoms with Crippen molar-refractivity contribution >= 4 is 11.6 Å². The van der Waals surface area contributed by atoms with Gasteiger partial charge in [-0.2, -0.15) is 0 Å². The van der Waals surface area contributed by atoms with Crippen molar-refractivity contribution in [2.24, 2.45) is 7.05 Å². The van der Waals surface area contributed by atoms with Crippen molar-refractivity contribution in [2.75, 3.05) is 5.32 Å². The quantitative estimate of drug-likeness (QED) is 0.774. The fourth-order valence-electron chi connectivity index (χ4n) is 2.17. The highest BCUT2D eigenvalue weighted by atomic mass is 16.3. The fourth-order valence-corrected chi connectivity index (χ4v) is 2.17. The first kappa shape index (κ1) is 14.2. The molecule has 1 aromatic carbocycles. The van der Waals surface area contributed by atoms with Crippen LogP contribution in [0.25, 0.3) is 11.4 Å². The number of aliphatic hydroxyl groups excluding tert-OH is 1. The molecule has 0 spiro atoms. The molecule has 2 aromatic heterocycles. The zero-order valence-electron chi connectivity index (χ0n) is 12.4. The van der Waals surface area contributed by atoms with Crippen molar-refractivity contribution in [1.82, 2.24) is 19.5 Å². The molecule has 0 fully saturated rings. The number of imidazole rings is 1. The molecular weight excluding hydrogens is 278 g/mol. The van der Waals surface area contributed by atoms with E-state index >= 15 is 0 Å². The Balaban J connectivity index is 1.87. The van der Waals surface area contributed by atoms with Crippen LogP contribution in [0.1, 0.15) is 18.6 Å². The van der Waals surface area contributed by atoms with Crippen LogP contribution in [-0.4, -0.2) is 24.6 Å². The van der Waals surface area contributed by atoms with E-state index in [-0.39, 0.29) is 0 Å². The minimum absolute atomic E-state index is 0.501. The first-order valence-corrected chi connectivity index (χ1v) is 6.98. The van der Waals surface area contributed by atoms with Gasteiger partial charge in [-0.1, -0.05) is 12.1 Å². The van der Waals surface area contributed by atoms with Crippen LogP contribution in [0.15, 0.2) is 49.1 Å². The molecule has 6 nitrogen and oxygen atoms in total. The van der Waals surface area contributed by atoms with E-state index in [4.69, 9.17) is 0 Å². The van der Waals surface area contributed by atoms with Crippen LogP contribution in [0, 0.1) is 0 Å². The van der Waals surface area contributed by atoms with E-state index in [0.717, 1.165) is 22.6 Å². The summed E-state index contributed by atoms with van der Waals surface area (Å²) in [6.07, 6.45) is 4.69. The number of anilines is 2. The second-order valence-corrected chi connectivity index (χ2v) is 5.08. The van der Waals surface area contributed by atoms with Crippen LogP contribution in [0.3, 0.4) is 0 Å². The lowest BCUT2D eigenvalue weighted by atomic mass is 10.1. The van der Waals surface area contributed by atoms with E-state index in [1.54, 1.807) is 25.6 Å². The highest BCUT2D eigenvalue weighted by Crippen LogP contribution is 2.21. The minimum atomic E-state index is -0.511. The zero-order chi connectivity index (χ0) is 15.5. The largest absolute Gasteiger partial charge is 0.389 e. The van der Waals surface area contributed by atoms with Gasteiger partial charge in [-0.3, -0.25) is 0 Å². The van der Waals surface area contributed by atoms with Gasteiger partial charge in [0.05, 0.1) is 30.0 Å². The lowest BCUT2D eigenvalue weighted by molar-refractivity contribution is 0.199. The SMILES string of the molecule is CC(O)c1cccc(Nc2nccc(-c3cncn3C)n2)c1. The number of aromatic nitrogens is 4. The molecule has 0 saturated carbocycles. The molecule has 1 atom stereocenters. The summed E-state index contributed by atoms with van der Waals surface area (Å²) in [5.74, 6) is 0.501. The standard InChI is InChI=1S/C16H17N5O/c1-11(22)12-4-3-5-13(8-12)19-16-18-7-6-14(20-16)15-9-17-10-21(15)2/h3-11,22H,1-2H3,(H,18,19,20). The molecule has 3 rings (SSSR count). The Morgan fingerprint density at radius 2 is 2.14 bits per heavy atom. The van der Waals surface area contributed by atoms with Crippen molar-refractivity contribution in [3.63, 3.8) is 0 Å². The summed E-state index contributed by atoms with van der Waals surface area (Å²) in [6.45, 7) is 1.73. The van der Waals surface area contributed by atoms with Gasteiger partial charge < -0.3 is 15.0 Å². The van der Waals surface area contributed by atoms with Crippen LogP contribution in [0.4, 0.5) is 11.6 Å². The molecular formula is C16H17N5O. The predicted molar refractivity (Wildman–Crippen MR) is 84.6 cm³/mol. The van der Waals surface area contributed by atoms with Crippen LogP contribution in [0.2, 0.25) is 0 Å². The maximum atomic E-state index is 9.65. The van der Waals surface area contributed by atoms with E-state index in [1.165, 1.54) is 0 Å². The van der Waals surface area contributed by atoms with Gasteiger partial charge in [0, 0.05) is 18.9 Å². The normalized spacial score (nSPS) is 12.1. The molecule has 0 amide bonds. The molecule has 2 heterocycles. The van der Waals surface area contributed by atoms with Gasteiger partial charge in [0.1, 0.15) is 0 Å². The monoisotopic (exact) mass is 295 g/mol. The smallest absolute Gasteiger partial charge is 0.227 e. The summed E-state index contributed by atoms with van der Waals surface area (Å²) >= 11 is 0. The maximum Gasteiger partial charge on any atom is 0.227 e. The summed E-state index contributed by atoms with van der Waals surface area (Å²) in [5.41, 5.74) is 3.39. The molecule has 22 heavy (non-hydrogen) atoms. The van der Waals surface area contributed by atoms with E-state index in [2.05, 4.69) is 20.3 Å². The van der Waals surface area contributed by atoms with Gasteiger partial charge in [0.15, 0.2) is 0 Å². The number of hydrogen-bond acceptors (Lipinski definition) is 5. The molecule has 0 aliphatic rings. The molecule has 0 bridgehead atoms. The molecule has 1 unspecified atom stereocenters. The van der Waals surface area contributed by atoms with Crippen molar-refractivity contribution in [3.8, 4) is 11.4 Å². The van der Waals surface area contributed by atoms with Crippen LogP contribution >= 0.6 is 0 Å². The van der Waals surface area contributed by atoms with Gasteiger partial charge in [-0.25, -0.2) is 15.0 Å². The Hall–Kier alpha value is -2.73. The summed E-state index contributed by atoms with van der Waals surface area (Å²) in [6, 6.07) is 9.39. The molecule has 0 saturated heterocycles. The highest BCUT2D eigenvalue weighted by Gasteiger charge is 2.07. The Morgan fingerprint density at radius 3 is 2.86 bits per heavy atom. The predicted octanol–water partition coefficient (Wildman–Crippen LogP) is 2.67. The maximum absolute atomic E-state index is 9.65.